The number of hydrogen-bond acceptors (Lipinski definition) is 14. The molecule has 5 aliphatic rings. The molecule has 1 amide bonds. The molecule has 53 heavy (non-hydrogen) atoms. The van der Waals surface area contributed by atoms with E-state index >= 15 is 0 Å². The Morgan fingerprint density at radius 3 is 2.70 bits per heavy atom. The number of nitro benzene ring substituents is 1. The number of nitrogens with one attached hydrogen (secondary N) is 2. The van der Waals surface area contributed by atoms with E-state index in [0.717, 1.165) is 11.5 Å². The number of sulfone groups is 1. The first-order valence-corrected chi connectivity index (χ1v) is 18.9. The van der Waals surface area contributed by atoms with Crippen molar-refractivity contribution in [3.63, 3.8) is 0 Å². The van der Waals surface area contributed by atoms with E-state index in [1.807, 2.05) is 12.1 Å². The Labute approximate surface area is 303 Å². The fourth-order valence-electron chi connectivity index (χ4n) is 7.95. The molecule has 3 fully saturated rings. The number of rotatable bonds is 7. The van der Waals surface area contributed by atoms with Crippen molar-refractivity contribution < 1.29 is 41.8 Å². The number of nitrogens with two attached hydrogens (primary N) is 1. The van der Waals surface area contributed by atoms with E-state index in [4.69, 9.17) is 29.4 Å². The maximum atomic E-state index is 14.9. The molecule has 9 rings (SSSR count). The molecule has 0 aliphatic carbocycles. The topological polar surface area (TPSA) is 214 Å². The molecule has 5 atom stereocenters. The number of ether oxygens (including phenoxy) is 5. The fourth-order valence-corrected chi connectivity index (χ4v) is 9.45. The van der Waals surface area contributed by atoms with Gasteiger partial charge in [0.15, 0.2) is 11.4 Å². The van der Waals surface area contributed by atoms with E-state index in [1.165, 1.54) is 24.3 Å². The third-order valence-electron chi connectivity index (χ3n) is 10.8. The number of morpholine rings is 1. The van der Waals surface area contributed by atoms with E-state index in [-0.39, 0.29) is 69.8 Å². The maximum Gasteiger partial charge on any atom is 0.297 e. The summed E-state index contributed by atoms with van der Waals surface area (Å²) in [6.07, 6.45) is 1.26. The third-order valence-corrected chi connectivity index (χ3v) is 12.5. The molecule has 18 heteroatoms. The summed E-state index contributed by atoms with van der Waals surface area (Å²) in [6.45, 7) is 5.07. The molecule has 0 spiro atoms. The van der Waals surface area contributed by atoms with E-state index < -0.39 is 44.5 Å². The van der Waals surface area contributed by atoms with E-state index in [1.54, 1.807) is 11.1 Å². The van der Waals surface area contributed by atoms with Gasteiger partial charge in [-0.15, -0.1) is 0 Å². The smallest absolute Gasteiger partial charge is 0.297 e. The highest BCUT2D eigenvalue weighted by molar-refractivity contribution is 7.91. The number of carbonyl (C=O) groups is 1. The van der Waals surface area contributed by atoms with Gasteiger partial charge in [0.1, 0.15) is 24.0 Å². The number of amides is 1. The number of nitro groups is 1. The second-order valence-corrected chi connectivity index (χ2v) is 15.9. The number of para-hydroxylation sites is 1. The Morgan fingerprint density at radius 2 is 1.92 bits per heavy atom. The Balaban J connectivity index is 1.13. The van der Waals surface area contributed by atoms with Crippen LogP contribution in [-0.4, -0.2) is 117 Å². The SMILES string of the molecule is C[C@@H]1CO[C@@H]([C@H]2COc3cc(S(=O)(=O)c4cccc(C(N)=O)c4N4c5cc6cc[nH]c6nc5O[C@@H]5COCC[C@@H]54)cc([N+](=O)[O-])c3N2)CN1C1COC1. The number of H-pyrrole nitrogens is 1. The molecule has 2 aromatic carbocycles. The molecule has 0 unspecified atom stereocenters. The summed E-state index contributed by atoms with van der Waals surface area (Å²) in [7, 11) is -4.59. The van der Waals surface area contributed by atoms with Gasteiger partial charge in [0.25, 0.3) is 11.6 Å². The quantitative estimate of drug-likeness (QED) is 0.183. The Hall–Kier alpha value is -5.01. The summed E-state index contributed by atoms with van der Waals surface area (Å²) in [4.78, 5) is 36.2. The van der Waals surface area contributed by atoms with Crippen molar-refractivity contribution in [1.29, 1.82) is 0 Å². The van der Waals surface area contributed by atoms with Crippen molar-refractivity contribution in [3.05, 3.63) is 64.3 Å². The van der Waals surface area contributed by atoms with Gasteiger partial charge in [0.05, 0.1) is 76.6 Å². The van der Waals surface area contributed by atoms with Crippen LogP contribution in [0.2, 0.25) is 0 Å². The lowest BCUT2D eigenvalue weighted by Crippen LogP contribution is -2.62. The molecule has 278 valence electrons. The Morgan fingerprint density at radius 1 is 1.08 bits per heavy atom. The third kappa shape index (κ3) is 5.63. The van der Waals surface area contributed by atoms with Crippen LogP contribution in [-0.2, 0) is 24.0 Å². The summed E-state index contributed by atoms with van der Waals surface area (Å²) in [6, 6.07) is 9.73. The van der Waals surface area contributed by atoms with Crippen LogP contribution in [0.5, 0.6) is 11.6 Å². The fraction of sp³-hybridized carbons (Fsp3) is 0.429. The Bertz CT molecular complexity index is 2240. The summed E-state index contributed by atoms with van der Waals surface area (Å²) in [5.41, 5.74) is 6.46. The number of benzene rings is 2. The number of aromatic nitrogens is 2. The molecular weight excluding hydrogens is 710 g/mol. The average molecular weight is 748 g/mol. The predicted octanol–water partition coefficient (Wildman–Crippen LogP) is 2.75. The zero-order valence-corrected chi connectivity index (χ0v) is 29.4. The number of pyridine rings is 1. The first-order chi connectivity index (χ1) is 25.6. The van der Waals surface area contributed by atoms with E-state index in [0.29, 0.717) is 50.7 Å². The number of nitrogens with zero attached hydrogens (tertiary/aromatic N) is 4. The summed E-state index contributed by atoms with van der Waals surface area (Å²) in [5.74, 6) is -0.634. The van der Waals surface area contributed by atoms with Gasteiger partial charge in [-0.2, -0.15) is 4.98 Å². The Kier molecular flexibility index (Phi) is 8.19. The van der Waals surface area contributed by atoms with Crippen molar-refractivity contribution in [1.82, 2.24) is 14.9 Å². The molecule has 5 aliphatic heterocycles. The summed E-state index contributed by atoms with van der Waals surface area (Å²) in [5, 5.41) is 16.6. The number of fused-ring (bicyclic) bond motifs is 4. The molecule has 3 saturated heterocycles. The highest BCUT2D eigenvalue weighted by Crippen LogP contribution is 2.49. The lowest BCUT2D eigenvalue weighted by atomic mass is 9.98. The van der Waals surface area contributed by atoms with Crippen LogP contribution >= 0.6 is 0 Å². The number of primary amides is 1. The van der Waals surface area contributed by atoms with Crippen LogP contribution in [0.3, 0.4) is 0 Å². The zero-order chi connectivity index (χ0) is 36.6. The van der Waals surface area contributed by atoms with Crippen LogP contribution < -0.4 is 25.4 Å². The normalized spacial score (nSPS) is 25.9. The molecule has 7 heterocycles. The molecule has 0 radical (unpaired) electrons. The molecule has 0 saturated carbocycles. The van der Waals surface area contributed by atoms with E-state index in [9.17, 15) is 23.3 Å². The van der Waals surface area contributed by atoms with Crippen LogP contribution in [0.25, 0.3) is 11.0 Å². The summed E-state index contributed by atoms with van der Waals surface area (Å²) < 4.78 is 59.4. The number of aromatic amines is 1. The largest absolute Gasteiger partial charge is 0.489 e. The standard InChI is InChI=1S/C35H37N7O10S/c1-18-13-50-28(12-40(18)20-14-49-15-20)23-16-51-27-11-21(10-25(42(44)45)31(27)38-23)53(46,47)30-4-2-3-22(33(36)43)32(30)41-24-6-8-48-17-29(24)52-35-26(41)9-19-5-7-37-34(19)39-35/h2-5,7,9-11,18,20,23-24,28-29,38H,6,8,12-17H2,1H3,(H2,36,43)(H,37,39)/t18-,23-,24+,28-,29-/m1/s1. The van der Waals surface area contributed by atoms with Crippen LogP contribution in [0.4, 0.5) is 22.7 Å². The van der Waals surface area contributed by atoms with Crippen LogP contribution in [0.15, 0.2) is 58.5 Å². The molecule has 4 aromatic rings. The zero-order valence-electron chi connectivity index (χ0n) is 28.6. The molecule has 2 aromatic heterocycles. The van der Waals surface area contributed by atoms with Gasteiger partial charge in [0.2, 0.25) is 15.7 Å². The van der Waals surface area contributed by atoms with Gasteiger partial charge in [0, 0.05) is 42.9 Å². The van der Waals surface area contributed by atoms with Crippen molar-refractivity contribution in [2.24, 2.45) is 5.73 Å². The monoisotopic (exact) mass is 747 g/mol. The number of carbonyl (C=O) groups excluding carboxylic acids is 1. The van der Waals surface area contributed by atoms with Crippen molar-refractivity contribution in [2.45, 2.75) is 59.5 Å². The predicted molar refractivity (Wildman–Crippen MR) is 189 cm³/mol. The van der Waals surface area contributed by atoms with Crippen molar-refractivity contribution in [3.8, 4) is 11.6 Å². The van der Waals surface area contributed by atoms with Crippen molar-refractivity contribution in [2.75, 3.05) is 56.4 Å². The lowest BCUT2D eigenvalue weighted by Gasteiger charge is -2.47. The first-order valence-electron chi connectivity index (χ1n) is 17.4. The lowest BCUT2D eigenvalue weighted by molar-refractivity contribution is -0.384. The van der Waals surface area contributed by atoms with Gasteiger partial charge in [-0.3, -0.25) is 19.8 Å². The second-order valence-electron chi connectivity index (χ2n) is 13.9. The minimum atomic E-state index is -4.59. The summed E-state index contributed by atoms with van der Waals surface area (Å²) >= 11 is 0. The molecular formula is C35H37N7O10S. The van der Waals surface area contributed by atoms with Gasteiger partial charge < -0.3 is 44.6 Å². The molecule has 4 N–H and O–H groups in total. The van der Waals surface area contributed by atoms with Gasteiger partial charge >= 0.3 is 0 Å². The first kappa shape index (κ1) is 33.8. The molecule has 0 bridgehead atoms. The number of hydrogen-bond donors (Lipinski definition) is 3. The van der Waals surface area contributed by atoms with Crippen LogP contribution in [0, 0.1) is 10.1 Å². The highest BCUT2D eigenvalue weighted by atomic mass is 32.2. The van der Waals surface area contributed by atoms with Gasteiger partial charge in [-0.25, -0.2) is 8.42 Å². The average Bonchev–Trinajstić information content (AvgIpc) is 3.59. The second kappa shape index (κ2) is 12.8. The minimum absolute atomic E-state index is 0.00955. The maximum absolute atomic E-state index is 14.9. The van der Waals surface area contributed by atoms with Gasteiger partial charge in [-0.05, 0) is 37.6 Å². The van der Waals surface area contributed by atoms with E-state index in [2.05, 4.69) is 27.1 Å². The number of anilines is 3. The highest BCUT2D eigenvalue weighted by Gasteiger charge is 2.45. The van der Waals surface area contributed by atoms with Crippen molar-refractivity contribution >= 4 is 49.5 Å². The van der Waals surface area contributed by atoms with Gasteiger partial charge in [-0.1, -0.05) is 6.07 Å². The van der Waals surface area contributed by atoms with Crippen LogP contribution in [0.1, 0.15) is 23.7 Å². The molecule has 17 nitrogen and oxygen atoms in total. The minimum Gasteiger partial charge on any atom is -0.489 e.